The van der Waals surface area contributed by atoms with Gasteiger partial charge in [-0.05, 0) is 19.0 Å². The molecule has 2 aromatic rings. The molecular formula is C17H19N3O5. The maximum absolute atomic E-state index is 12.1. The lowest BCUT2D eigenvalue weighted by molar-refractivity contribution is -0.0363. The third kappa shape index (κ3) is 3.70. The van der Waals surface area contributed by atoms with Crippen LogP contribution in [0.15, 0.2) is 46.1 Å². The van der Waals surface area contributed by atoms with Crippen LogP contribution >= 0.6 is 0 Å². The van der Waals surface area contributed by atoms with Crippen molar-refractivity contribution in [2.75, 3.05) is 6.61 Å². The van der Waals surface area contributed by atoms with Gasteiger partial charge in [-0.15, -0.1) is 0 Å². The van der Waals surface area contributed by atoms with E-state index in [0.29, 0.717) is 5.56 Å². The van der Waals surface area contributed by atoms with Gasteiger partial charge in [0.15, 0.2) is 0 Å². The zero-order chi connectivity index (χ0) is 20.5. The fraction of sp³-hybridized carbons (Fsp3) is 0.353. The second kappa shape index (κ2) is 7.04. The number of ether oxygens (including phenoxy) is 2. The summed E-state index contributed by atoms with van der Waals surface area (Å²) in [6.45, 7) is -2.82. The first-order valence-corrected chi connectivity index (χ1v) is 7.66. The number of aromatic amines is 1. The van der Waals surface area contributed by atoms with Crippen LogP contribution in [-0.4, -0.2) is 34.3 Å². The van der Waals surface area contributed by atoms with Crippen LogP contribution in [0.3, 0.4) is 0 Å². The molecule has 0 saturated carbocycles. The molecule has 0 amide bonds. The quantitative estimate of drug-likeness (QED) is 0.769. The molecule has 8 nitrogen and oxygen atoms in total. The van der Waals surface area contributed by atoms with Crippen molar-refractivity contribution < 1.29 is 18.4 Å². The van der Waals surface area contributed by atoms with E-state index in [-0.39, 0.29) is 13.0 Å². The largest absolute Gasteiger partial charge is 0.459 e. The highest BCUT2D eigenvalue weighted by atomic mass is 16.6. The van der Waals surface area contributed by atoms with Crippen molar-refractivity contribution >= 4 is 5.97 Å². The minimum absolute atomic E-state index is 0.129. The van der Waals surface area contributed by atoms with Crippen LogP contribution in [-0.2, 0) is 9.47 Å². The maximum Gasteiger partial charge on any atom is 0.338 e. The predicted molar refractivity (Wildman–Crippen MR) is 89.3 cm³/mol. The Hall–Kier alpha value is -2.71. The smallest absolute Gasteiger partial charge is 0.338 e. The summed E-state index contributed by atoms with van der Waals surface area (Å²) in [7, 11) is 0. The molecular weight excluding hydrogens is 326 g/mol. The SMILES string of the molecule is [2H]C([2H])([2H])c1cn([C@H]2C[C@@H](N)[C@@H](COC(=O)c3ccccc3)O2)c(=O)[nH]c1=O. The molecule has 8 heteroatoms. The fourth-order valence-electron chi connectivity index (χ4n) is 2.60. The summed E-state index contributed by atoms with van der Waals surface area (Å²) in [5.74, 6) is -0.536. The van der Waals surface area contributed by atoms with Gasteiger partial charge < -0.3 is 15.2 Å². The molecule has 1 fully saturated rings. The zero-order valence-corrected chi connectivity index (χ0v) is 13.2. The number of benzene rings is 1. The van der Waals surface area contributed by atoms with Crippen LogP contribution < -0.4 is 17.0 Å². The third-order valence-electron chi connectivity index (χ3n) is 3.95. The predicted octanol–water partition coefficient (Wildman–Crippen LogP) is 0.317. The number of nitrogens with two attached hydrogens (primary N) is 1. The molecule has 1 aromatic heterocycles. The van der Waals surface area contributed by atoms with Gasteiger partial charge in [-0.2, -0.15) is 0 Å². The molecule has 1 aromatic carbocycles. The van der Waals surface area contributed by atoms with E-state index in [1.165, 1.54) is 0 Å². The van der Waals surface area contributed by atoms with Gasteiger partial charge in [-0.25, -0.2) is 9.59 Å². The second-order valence-electron chi connectivity index (χ2n) is 5.70. The number of rotatable bonds is 4. The van der Waals surface area contributed by atoms with Gasteiger partial charge in [0.1, 0.15) is 18.9 Å². The van der Waals surface area contributed by atoms with E-state index in [0.717, 1.165) is 10.8 Å². The molecule has 3 N–H and O–H groups in total. The van der Waals surface area contributed by atoms with E-state index in [4.69, 9.17) is 19.3 Å². The first-order valence-electron chi connectivity index (χ1n) is 9.16. The Morgan fingerprint density at radius 2 is 2.20 bits per heavy atom. The van der Waals surface area contributed by atoms with Crippen molar-refractivity contribution in [2.24, 2.45) is 5.73 Å². The minimum Gasteiger partial charge on any atom is -0.459 e. The van der Waals surface area contributed by atoms with Gasteiger partial charge in [0.2, 0.25) is 0 Å². The number of nitrogens with one attached hydrogen (secondary N) is 1. The Bertz CT molecular complexity index is 970. The molecule has 0 aliphatic carbocycles. The van der Waals surface area contributed by atoms with Gasteiger partial charge >= 0.3 is 11.7 Å². The molecule has 1 aliphatic rings. The lowest BCUT2D eigenvalue weighted by atomic mass is 10.1. The van der Waals surface area contributed by atoms with Gasteiger partial charge in [-0.3, -0.25) is 14.3 Å². The summed E-state index contributed by atoms with van der Waals surface area (Å²) in [6, 6.07) is 7.84. The van der Waals surface area contributed by atoms with Crippen molar-refractivity contribution in [3.63, 3.8) is 0 Å². The third-order valence-corrected chi connectivity index (χ3v) is 3.95. The van der Waals surface area contributed by atoms with Gasteiger partial charge in [0, 0.05) is 28.3 Å². The number of esters is 1. The average Bonchev–Trinajstić information content (AvgIpc) is 2.99. The van der Waals surface area contributed by atoms with Gasteiger partial charge in [-0.1, -0.05) is 18.2 Å². The molecule has 132 valence electrons. The topological polar surface area (TPSA) is 116 Å². The first-order chi connectivity index (χ1) is 13.2. The normalized spacial score (nSPS) is 25.0. The van der Waals surface area contributed by atoms with E-state index in [1.807, 2.05) is 4.98 Å². The second-order valence-corrected chi connectivity index (χ2v) is 5.70. The lowest BCUT2D eigenvalue weighted by Gasteiger charge is -2.16. The van der Waals surface area contributed by atoms with Crippen molar-refractivity contribution in [3.8, 4) is 0 Å². The van der Waals surface area contributed by atoms with E-state index in [2.05, 4.69) is 0 Å². The first kappa shape index (κ1) is 13.6. The van der Waals surface area contributed by atoms with Crippen molar-refractivity contribution in [1.82, 2.24) is 9.55 Å². The van der Waals surface area contributed by atoms with Crippen LogP contribution in [0.5, 0.6) is 0 Å². The molecule has 25 heavy (non-hydrogen) atoms. The Kier molecular flexibility index (Phi) is 3.82. The fourth-order valence-corrected chi connectivity index (χ4v) is 2.60. The molecule has 2 heterocycles. The number of carbonyl (C=O) groups is 1. The summed E-state index contributed by atoms with van der Waals surface area (Å²) < 4.78 is 34.1. The number of hydrogen-bond acceptors (Lipinski definition) is 6. The van der Waals surface area contributed by atoms with Crippen LogP contribution in [0.1, 0.15) is 32.7 Å². The Balaban J connectivity index is 1.72. The van der Waals surface area contributed by atoms with E-state index < -0.39 is 48.0 Å². The summed E-state index contributed by atoms with van der Waals surface area (Å²) in [5.41, 5.74) is 4.09. The number of hydrogen-bond donors (Lipinski definition) is 2. The minimum atomic E-state index is -2.69. The Morgan fingerprint density at radius 1 is 1.44 bits per heavy atom. The molecule has 1 saturated heterocycles. The van der Waals surface area contributed by atoms with Crippen LogP contribution in [0.4, 0.5) is 0 Å². The Labute approximate surface area is 147 Å². The standard InChI is InChI=1S/C17H19N3O5/c1-10-8-20(17(23)19-15(10)21)14-7-12(18)13(25-14)9-24-16(22)11-5-3-2-4-6-11/h2-6,8,12-14H,7,9,18H2,1H3,(H,19,21,23)/t12-,13-,14-/m1/s1/i1D3. The van der Waals surface area contributed by atoms with Crippen LogP contribution in [0.25, 0.3) is 0 Å². The average molecular weight is 348 g/mol. The van der Waals surface area contributed by atoms with E-state index in [9.17, 15) is 14.4 Å². The molecule has 3 rings (SSSR count). The van der Waals surface area contributed by atoms with Crippen LogP contribution in [0.2, 0.25) is 0 Å². The summed E-state index contributed by atoms with van der Waals surface area (Å²) in [5, 5.41) is 0. The van der Waals surface area contributed by atoms with Crippen molar-refractivity contribution in [1.29, 1.82) is 0 Å². The summed E-state index contributed by atoms with van der Waals surface area (Å²) in [6.07, 6.45) is -0.433. The summed E-state index contributed by atoms with van der Waals surface area (Å²) >= 11 is 0. The molecule has 0 bridgehead atoms. The lowest BCUT2D eigenvalue weighted by Crippen LogP contribution is -2.34. The van der Waals surface area contributed by atoms with E-state index >= 15 is 0 Å². The van der Waals surface area contributed by atoms with Gasteiger partial charge in [0.25, 0.3) is 5.56 Å². The maximum atomic E-state index is 12.1. The highest BCUT2D eigenvalue weighted by Crippen LogP contribution is 2.26. The van der Waals surface area contributed by atoms with Crippen LogP contribution in [0, 0.1) is 6.85 Å². The van der Waals surface area contributed by atoms with Crippen molar-refractivity contribution in [3.05, 3.63) is 68.5 Å². The molecule has 3 atom stereocenters. The number of carbonyl (C=O) groups excluding carboxylic acids is 1. The molecule has 1 aliphatic heterocycles. The summed E-state index contributed by atoms with van der Waals surface area (Å²) in [4.78, 5) is 37.8. The highest BCUT2D eigenvalue weighted by Gasteiger charge is 2.35. The Morgan fingerprint density at radius 3 is 2.92 bits per heavy atom. The van der Waals surface area contributed by atoms with Gasteiger partial charge in [0.05, 0.1) is 5.56 Å². The molecule has 0 unspecified atom stereocenters. The molecule has 0 radical (unpaired) electrons. The number of H-pyrrole nitrogens is 1. The van der Waals surface area contributed by atoms with Crippen molar-refractivity contribution in [2.45, 2.75) is 31.6 Å². The molecule has 0 spiro atoms. The highest BCUT2D eigenvalue weighted by molar-refractivity contribution is 5.89. The number of aromatic nitrogens is 2. The zero-order valence-electron chi connectivity index (χ0n) is 16.2. The van der Waals surface area contributed by atoms with E-state index in [1.54, 1.807) is 30.3 Å². The monoisotopic (exact) mass is 348 g/mol. The number of nitrogens with zero attached hydrogens (tertiary/aromatic N) is 1. The number of aryl methyl sites for hydroxylation is 1.